The second kappa shape index (κ2) is 6.55. The van der Waals surface area contributed by atoms with Gasteiger partial charge in [0.2, 0.25) is 5.71 Å². The molecule has 0 aliphatic heterocycles. The van der Waals surface area contributed by atoms with Crippen molar-refractivity contribution in [1.29, 1.82) is 0 Å². The molecular weight excluding hydrogens is 430 g/mol. The summed E-state index contributed by atoms with van der Waals surface area (Å²) in [5.74, 6) is 0.798. The summed E-state index contributed by atoms with van der Waals surface area (Å²) in [4.78, 5) is 0. The third-order valence-electron chi connectivity index (χ3n) is 7.43. The Bertz CT molecular complexity index is 2090. The summed E-state index contributed by atoms with van der Waals surface area (Å²) < 4.78 is 14.3. The third-order valence-corrected chi connectivity index (χ3v) is 7.43. The largest absolute Gasteiger partial charge is 0.497 e. The van der Waals surface area contributed by atoms with Gasteiger partial charge in [-0.1, -0.05) is 54.1 Å². The van der Waals surface area contributed by atoms with Crippen LogP contribution < -0.4 is 4.74 Å². The van der Waals surface area contributed by atoms with E-state index in [1.807, 2.05) is 12.1 Å². The van der Waals surface area contributed by atoms with E-state index in [0.717, 1.165) is 27.8 Å². The zero-order chi connectivity index (χ0) is 23.3. The third kappa shape index (κ3) is 2.45. The van der Waals surface area contributed by atoms with E-state index < -0.39 is 0 Å². The maximum Gasteiger partial charge on any atom is 0.213 e. The van der Waals surface area contributed by atoms with Gasteiger partial charge < -0.3 is 9.15 Å². The minimum absolute atomic E-state index is 0.798. The first kappa shape index (κ1) is 18.9. The average Bonchev–Trinajstić information content (AvgIpc) is 3.52. The highest BCUT2D eigenvalue weighted by Crippen LogP contribution is 2.46. The molecule has 0 radical (unpaired) electrons. The molecule has 35 heavy (non-hydrogen) atoms. The first-order chi connectivity index (χ1) is 17.2. The van der Waals surface area contributed by atoms with Crippen LogP contribution in [0, 0.1) is 6.92 Å². The molecule has 3 nitrogen and oxygen atoms in total. The Labute approximate surface area is 201 Å². The van der Waals surface area contributed by atoms with Crippen LogP contribution in [-0.4, -0.2) is 11.5 Å². The Morgan fingerprint density at radius 1 is 0.686 bits per heavy atom. The van der Waals surface area contributed by atoms with Gasteiger partial charge in [-0.2, -0.15) is 0 Å². The Hall–Kier alpha value is -4.50. The van der Waals surface area contributed by atoms with Gasteiger partial charge in [-0.3, -0.25) is 4.40 Å². The summed E-state index contributed by atoms with van der Waals surface area (Å²) >= 11 is 0. The molecule has 0 atom stereocenters. The van der Waals surface area contributed by atoms with Gasteiger partial charge in [0.15, 0.2) is 0 Å². The summed E-state index contributed by atoms with van der Waals surface area (Å²) in [6, 6.07) is 32.7. The van der Waals surface area contributed by atoms with E-state index >= 15 is 0 Å². The normalized spacial score (nSPS) is 12.3. The van der Waals surface area contributed by atoms with Gasteiger partial charge in [0.1, 0.15) is 11.3 Å². The van der Waals surface area contributed by atoms with Crippen molar-refractivity contribution in [3.63, 3.8) is 0 Å². The van der Waals surface area contributed by atoms with Crippen molar-refractivity contribution in [2.45, 2.75) is 6.92 Å². The first-order valence-electron chi connectivity index (χ1n) is 11.9. The van der Waals surface area contributed by atoms with Crippen LogP contribution in [0.3, 0.4) is 0 Å². The fourth-order valence-electron chi connectivity index (χ4n) is 5.81. The van der Waals surface area contributed by atoms with Crippen molar-refractivity contribution >= 4 is 60.0 Å². The SMILES string of the molecule is COc1ccc2c(c1)oc1c2c2cc(-c3ccccc3)cc3c4cc5ccc(C)cc5cc4n1c32. The van der Waals surface area contributed by atoms with Gasteiger partial charge in [0.05, 0.1) is 23.5 Å². The lowest BCUT2D eigenvalue weighted by molar-refractivity contribution is 0.414. The molecule has 0 amide bonds. The highest BCUT2D eigenvalue weighted by Gasteiger charge is 2.23. The molecule has 3 heteroatoms. The van der Waals surface area contributed by atoms with Gasteiger partial charge >= 0.3 is 0 Å². The first-order valence-corrected chi connectivity index (χ1v) is 11.9. The predicted octanol–water partition coefficient (Wildman–Crippen LogP) is 8.72. The summed E-state index contributed by atoms with van der Waals surface area (Å²) in [6.45, 7) is 2.15. The monoisotopic (exact) mass is 451 g/mol. The Morgan fingerprint density at radius 2 is 1.54 bits per heavy atom. The Balaban J connectivity index is 1.63. The van der Waals surface area contributed by atoms with Crippen molar-refractivity contribution in [2.75, 3.05) is 7.11 Å². The number of benzene rings is 5. The van der Waals surface area contributed by atoms with Crippen LogP contribution in [0.2, 0.25) is 0 Å². The fraction of sp³-hybridized carbons (Fsp3) is 0.0625. The predicted molar refractivity (Wildman–Crippen MR) is 145 cm³/mol. The van der Waals surface area contributed by atoms with E-state index in [2.05, 4.69) is 90.2 Å². The quantitative estimate of drug-likeness (QED) is 0.263. The molecule has 0 saturated heterocycles. The Kier molecular flexibility index (Phi) is 3.53. The number of furan rings is 1. The number of aryl methyl sites for hydroxylation is 1. The fourth-order valence-corrected chi connectivity index (χ4v) is 5.81. The minimum atomic E-state index is 0.798. The molecule has 5 aromatic carbocycles. The number of ether oxygens (including phenoxy) is 1. The molecular formula is C32H21NO2. The second-order valence-electron chi connectivity index (χ2n) is 9.49. The molecule has 8 aromatic rings. The van der Waals surface area contributed by atoms with Crippen LogP contribution in [-0.2, 0) is 0 Å². The van der Waals surface area contributed by atoms with E-state index in [9.17, 15) is 0 Å². The molecule has 0 saturated carbocycles. The molecule has 3 aromatic heterocycles. The molecule has 0 spiro atoms. The molecule has 0 unspecified atom stereocenters. The number of fused-ring (bicyclic) bond motifs is 9. The van der Waals surface area contributed by atoms with Crippen LogP contribution in [0.4, 0.5) is 0 Å². The topological polar surface area (TPSA) is 26.8 Å². The maximum atomic E-state index is 6.56. The number of methoxy groups -OCH3 is 1. The second-order valence-corrected chi connectivity index (χ2v) is 9.49. The average molecular weight is 452 g/mol. The van der Waals surface area contributed by atoms with E-state index in [1.165, 1.54) is 54.7 Å². The van der Waals surface area contributed by atoms with Crippen LogP contribution in [0.5, 0.6) is 5.75 Å². The van der Waals surface area contributed by atoms with Gasteiger partial charge in [-0.25, -0.2) is 0 Å². The lowest BCUT2D eigenvalue weighted by Gasteiger charge is -2.04. The standard InChI is InChI=1S/C32H21NO2/c1-18-8-9-20-13-25-26-14-22(19-6-4-3-5-7-19)15-27-30-24-11-10-23(34-2)17-29(24)35-32(30)33(31(26)27)28(25)16-21(20)12-18/h3-17H,1-2H3. The van der Waals surface area contributed by atoms with Gasteiger partial charge in [0, 0.05) is 27.6 Å². The molecule has 8 rings (SSSR count). The van der Waals surface area contributed by atoms with Gasteiger partial charge in [-0.05, 0) is 65.2 Å². The molecule has 0 aliphatic carbocycles. The van der Waals surface area contributed by atoms with E-state index in [0.29, 0.717) is 0 Å². The van der Waals surface area contributed by atoms with Crippen molar-refractivity contribution in [2.24, 2.45) is 0 Å². The molecule has 166 valence electrons. The lowest BCUT2D eigenvalue weighted by Crippen LogP contribution is -1.81. The van der Waals surface area contributed by atoms with Crippen molar-refractivity contribution in [3.8, 4) is 16.9 Å². The van der Waals surface area contributed by atoms with E-state index in [1.54, 1.807) is 7.11 Å². The van der Waals surface area contributed by atoms with Crippen LogP contribution >= 0.6 is 0 Å². The Morgan fingerprint density at radius 3 is 2.40 bits per heavy atom. The van der Waals surface area contributed by atoms with Crippen molar-refractivity contribution in [1.82, 2.24) is 4.40 Å². The van der Waals surface area contributed by atoms with Crippen LogP contribution in [0.1, 0.15) is 5.56 Å². The minimum Gasteiger partial charge on any atom is -0.497 e. The molecule has 0 N–H and O–H groups in total. The molecule has 0 fully saturated rings. The number of rotatable bonds is 2. The number of hydrogen-bond acceptors (Lipinski definition) is 2. The highest BCUT2D eigenvalue weighted by atomic mass is 16.5. The van der Waals surface area contributed by atoms with Crippen molar-refractivity contribution < 1.29 is 9.15 Å². The molecule has 0 bridgehead atoms. The van der Waals surface area contributed by atoms with E-state index in [4.69, 9.17) is 9.15 Å². The van der Waals surface area contributed by atoms with Crippen molar-refractivity contribution in [3.05, 3.63) is 96.6 Å². The maximum absolute atomic E-state index is 6.56. The van der Waals surface area contributed by atoms with Crippen LogP contribution in [0.15, 0.2) is 95.4 Å². The smallest absolute Gasteiger partial charge is 0.213 e. The van der Waals surface area contributed by atoms with Gasteiger partial charge in [-0.15, -0.1) is 0 Å². The molecule has 3 heterocycles. The summed E-state index contributed by atoms with van der Waals surface area (Å²) in [5, 5.41) is 8.49. The number of hydrogen-bond donors (Lipinski definition) is 0. The summed E-state index contributed by atoms with van der Waals surface area (Å²) in [5.41, 5.74) is 7.82. The van der Waals surface area contributed by atoms with E-state index in [-0.39, 0.29) is 0 Å². The number of nitrogens with zero attached hydrogens (tertiary/aromatic N) is 1. The zero-order valence-electron chi connectivity index (χ0n) is 19.4. The van der Waals surface area contributed by atoms with Gasteiger partial charge in [0.25, 0.3) is 0 Å². The molecule has 0 aliphatic rings. The zero-order valence-corrected chi connectivity index (χ0v) is 19.4. The summed E-state index contributed by atoms with van der Waals surface area (Å²) in [7, 11) is 1.69. The highest BCUT2D eigenvalue weighted by molar-refractivity contribution is 6.29. The number of aromatic nitrogens is 1. The van der Waals surface area contributed by atoms with Crippen LogP contribution in [0.25, 0.3) is 71.2 Å². The lowest BCUT2D eigenvalue weighted by atomic mass is 9.98. The summed E-state index contributed by atoms with van der Waals surface area (Å²) in [6.07, 6.45) is 0.